The Balaban J connectivity index is 1.39. The van der Waals surface area contributed by atoms with E-state index in [-0.39, 0.29) is 6.04 Å². The van der Waals surface area contributed by atoms with Crippen molar-refractivity contribution >= 4 is 33.5 Å². The first-order valence-corrected chi connectivity index (χ1v) is 12.1. The van der Waals surface area contributed by atoms with Crippen molar-refractivity contribution < 1.29 is 4.74 Å². The van der Waals surface area contributed by atoms with Gasteiger partial charge in [-0.15, -0.1) is 22.7 Å². The van der Waals surface area contributed by atoms with Gasteiger partial charge in [0.05, 0.1) is 29.5 Å². The second kappa shape index (κ2) is 8.69. The van der Waals surface area contributed by atoms with Crippen LogP contribution in [0.5, 0.6) is 5.75 Å². The molecule has 4 aromatic rings. The molecule has 0 spiro atoms. The zero-order valence-corrected chi connectivity index (χ0v) is 18.9. The van der Waals surface area contributed by atoms with Gasteiger partial charge in [-0.1, -0.05) is 24.3 Å². The third-order valence-electron chi connectivity index (χ3n) is 5.41. The molecule has 0 saturated heterocycles. The highest BCUT2D eigenvalue weighted by atomic mass is 32.1. The van der Waals surface area contributed by atoms with E-state index in [1.54, 1.807) is 29.8 Å². The number of nitrogens with one attached hydrogen (secondary N) is 1. The summed E-state index contributed by atoms with van der Waals surface area (Å²) in [5, 5.41) is 10.1. The first-order chi connectivity index (χ1) is 15.2. The summed E-state index contributed by atoms with van der Waals surface area (Å²) in [5.41, 5.74) is 10.9. The van der Waals surface area contributed by atoms with E-state index in [2.05, 4.69) is 34.3 Å². The Labute approximate surface area is 190 Å². The molecule has 5 nitrogen and oxygen atoms in total. The summed E-state index contributed by atoms with van der Waals surface area (Å²) in [6.07, 6.45) is 3.35. The Morgan fingerprint density at radius 1 is 1.10 bits per heavy atom. The summed E-state index contributed by atoms with van der Waals surface area (Å²) in [4.78, 5) is 9.80. The number of nitrogens with two attached hydrogens (primary N) is 1. The van der Waals surface area contributed by atoms with Gasteiger partial charge in [-0.25, -0.2) is 9.97 Å². The van der Waals surface area contributed by atoms with Crippen molar-refractivity contribution in [1.29, 1.82) is 0 Å². The van der Waals surface area contributed by atoms with E-state index >= 15 is 0 Å². The number of nitrogen functional groups attached to an aromatic ring is 1. The van der Waals surface area contributed by atoms with E-state index in [0.29, 0.717) is 5.92 Å². The molecule has 2 aromatic heterocycles. The Bertz CT molecular complexity index is 1160. The van der Waals surface area contributed by atoms with Crippen molar-refractivity contribution in [2.24, 2.45) is 0 Å². The van der Waals surface area contributed by atoms with Gasteiger partial charge in [0.15, 0.2) is 5.13 Å². The smallest absolute Gasteiger partial charge is 0.183 e. The van der Waals surface area contributed by atoms with Gasteiger partial charge in [0.25, 0.3) is 0 Å². The Morgan fingerprint density at radius 2 is 1.94 bits per heavy atom. The van der Waals surface area contributed by atoms with Gasteiger partial charge >= 0.3 is 0 Å². The largest absolute Gasteiger partial charge is 0.497 e. The minimum Gasteiger partial charge on any atom is -0.497 e. The fourth-order valence-electron chi connectivity index (χ4n) is 3.50. The number of hydrogen-bond acceptors (Lipinski definition) is 7. The third-order valence-corrected chi connectivity index (χ3v) is 7.21. The predicted molar refractivity (Wildman–Crippen MR) is 129 cm³/mol. The van der Waals surface area contributed by atoms with E-state index in [0.717, 1.165) is 39.9 Å². The molecule has 0 aliphatic heterocycles. The topological polar surface area (TPSA) is 73.1 Å². The van der Waals surface area contributed by atoms with Crippen LogP contribution in [-0.2, 0) is 6.42 Å². The maximum Gasteiger partial charge on any atom is 0.183 e. The van der Waals surface area contributed by atoms with Crippen molar-refractivity contribution in [3.63, 3.8) is 0 Å². The highest BCUT2D eigenvalue weighted by Crippen LogP contribution is 2.42. The molecule has 1 atom stereocenters. The number of thiazole rings is 2. The van der Waals surface area contributed by atoms with Crippen molar-refractivity contribution in [3.8, 4) is 17.0 Å². The second-order valence-electron chi connectivity index (χ2n) is 7.80. The highest BCUT2D eigenvalue weighted by molar-refractivity contribution is 7.14. The number of nitrogens with zero attached hydrogens (tertiary/aromatic N) is 2. The SMILES string of the molecule is COc1cccc(-c2csc(NC(Cc3ccc(N)cc3)c3csc(C4CC4)n3)n2)c1. The summed E-state index contributed by atoms with van der Waals surface area (Å²) in [7, 11) is 1.68. The van der Waals surface area contributed by atoms with Gasteiger partial charge in [0, 0.05) is 27.9 Å². The summed E-state index contributed by atoms with van der Waals surface area (Å²) in [6, 6.07) is 16.1. The normalized spacial score (nSPS) is 14.4. The molecular formula is C24H24N4OS2. The number of aromatic nitrogens is 2. The van der Waals surface area contributed by atoms with Crippen LogP contribution in [-0.4, -0.2) is 17.1 Å². The molecule has 0 radical (unpaired) electrons. The van der Waals surface area contributed by atoms with Crippen LogP contribution in [0.3, 0.4) is 0 Å². The van der Waals surface area contributed by atoms with Crippen molar-refractivity contribution in [1.82, 2.24) is 9.97 Å². The molecule has 2 aromatic carbocycles. The number of methoxy groups -OCH3 is 1. The maximum atomic E-state index is 5.87. The second-order valence-corrected chi connectivity index (χ2v) is 9.55. The molecular weight excluding hydrogens is 424 g/mol. The average molecular weight is 449 g/mol. The van der Waals surface area contributed by atoms with Gasteiger partial charge in [0.1, 0.15) is 5.75 Å². The molecule has 1 fully saturated rings. The molecule has 0 bridgehead atoms. The summed E-state index contributed by atoms with van der Waals surface area (Å²) >= 11 is 3.39. The molecule has 1 unspecified atom stereocenters. The fourth-order valence-corrected chi connectivity index (χ4v) is 5.32. The van der Waals surface area contributed by atoms with Crippen molar-refractivity contribution in [3.05, 3.63) is 75.6 Å². The minimum atomic E-state index is 0.0525. The molecule has 2 heterocycles. The monoisotopic (exact) mass is 448 g/mol. The molecule has 5 rings (SSSR count). The van der Waals surface area contributed by atoms with Crippen molar-refractivity contribution in [2.45, 2.75) is 31.2 Å². The predicted octanol–water partition coefficient (Wildman–Crippen LogP) is 6.13. The minimum absolute atomic E-state index is 0.0525. The molecule has 3 N–H and O–H groups in total. The number of ether oxygens (including phenoxy) is 1. The standard InChI is InChI=1S/C24H24N4OS2/c1-29-19-4-2-3-17(12-19)21-13-31-24(28-21)27-20(11-15-5-9-18(25)10-6-15)22-14-30-23(26-22)16-7-8-16/h2-6,9-10,12-14,16,20H,7-8,11,25H2,1H3,(H,27,28). The van der Waals surface area contributed by atoms with Gasteiger partial charge in [-0.3, -0.25) is 0 Å². The lowest BCUT2D eigenvalue weighted by Crippen LogP contribution is -2.14. The highest BCUT2D eigenvalue weighted by Gasteiger charge is 2.28. The molecule has 158 valence electrons. The quantitative estimate of drug-likeness (QED) is 0.317. The Hall–Kier alpha value is -2.90. The van der Waals surface area contributed by atoms with Crippen molar-refractivity contribution in [2.75, 3.05) is 18.2 Å². The third kappa shape index (κ3) is 4.73. The van der Waals surface area contributed by atoms with Gasteiger partial charge in [-0.05, 0) is 49.1 Å². The fraction of sp³-hybridized carbons (Fsp3) is 0.250. The maximum absolute atomic E-state index is 5.87. The zero-order chi connectivity index (χ0) is 21.2. The summed E-state index contributed by atoms with van der Waals surface area (Å²) in [6.45, 7) is 0. The number of anilines is 2. The molecule has 7 heteroatoms. The number of rotatable bonds is 8. The lowest BCUT2D eigenvalue weighted by molar-refractivity contribution is 0.415. The number of hydrogen-bond donors (Lipinski definition) is 2. The summed E-state index contributed by atoms with van der Waals surface area (Å²) < 4.78 is 5.35. The van der Waals surface area contributed by atoms with Crippen LogP contribution >= 0.6 is 22.7 Å². The van der Waals surface area contributed by atoms with Crippen LogP contribution in [0.2, 0.25) is 0 Å². The van der Waals surface area contributed by atoms with E-state index < -0.39 is 0 Å². The average Bonchev–Trinajstić information content (AvgIpc) is 3.33. The molecule has 0 amide bonds. The van der Waals surface area contributed by atoms with Crippen LogP contribution in [0.1, 0.15) is 41.1 Å². The van der Waals surface area contributed by atoms with Crippen LogP contribution in [0.4, 0.5) is 10.8 Å². The molecule has 1 aliphatic carbocycles. The lowest BCUT2D eigenvalue weighted by atomic mass is 10.0. The lowest BCUT2D eigenvalue weighted by Gasteiger charge is -2.16. The van der Waals surface area contributed by atoms with Crippen LogP contribution < -0.4 is 15.8 Å². The Kier molecular flexibility index (Phi) is 5.61. The molecule has 31 heavy (non-hydrogen) atoms. The zero-order valence-electron chi connectivity index (χ0n) is 17.2. The van der Waals surface area contributed by atoms with Crippen LogP contribution in [0.25, 0.3) is 11.3 Å². The van der Waals surface area contributed by atoms with E-state index in [9.17, 15) is 0 Å². The molecule has 1 aliphatic rings. The van der Waals surface area contributed by atoms with E-state index in [1.165, 1.54) is 23.4 Å². The molecule has 1 saturated carbocycles. The van der Waals surface area contributed by atoms with Crippen LogP contribution in [0, 0.1) is 0 Å². The van der Waals surface area contributed by atoms with Crippen LogP contribution in [0.15, 0.2) is 59.3 Å². The first-order valence-electron chi connectivity index (χ1n) is 10.3. The Morgan fingerprint density at radius 3 is 2.71 bits per heavy atom. The van der Waals surface area contributed by atoms with Gasteiger partial charge < -0.3 is 15.8 Å². The van der Waals surface area contributed by atoms with E-state index in [4.69, 9.17) is 20.4 Å². The summed E-state index contributed by atoms with van der Waals surface area (Å²) in [5.74, 6) is 1.49. The number of benzene rings is 2. The van der Waals surface area contributed by atoms with Gasteiger partial charge in [0.2, 0.25) is 0 Å². The first kappa shape index (κ1) is 20.0. The van der Waals surface area contributed by atoms with E-state index in [1.807, 2.05) is 30.3 Å². The van der Waals surface area contributed by atoms with Gasteiger partial charge in [-0.2, -0.15) is 0 Å².